The van der Waals surface area contributed by atoms with Gasteiger partial charge >= 0.3 is 0 Å². The van der Waals surface area contributed by atoms with Gasteiger partial charge in [-0.3, -0.25) is 4.79 Å². The lowest BCUT2D eigenvalue weighted by molar-refractivity contribution is -0.116. The van der Waals surface area contributed by atoms with E-state index < -0.39 is 6.10 Å². The summed E-state index contributed by atoms with van der Waals surface area (Å²) in [5.74, 6) is -0.0423. The monoisotopic (exact) mass is 199 g/mol. The van der Waals surface area contributed by atoms with E-state index in [-0.39, 0.29) is 5.91 Å². The molecule has 1 aromatic heterocycles. The minimum atomic E-state index is -0.409. The summed E-state index contributed by atoms with van der Waals surface area (Å²) >= 11 is 1.54. The Bertz CT molecular complexity index is 257. The van der Waals surface area contributed by atoms with Crippen LogP contribution in [0, 0.1) is 0 Å². The van der Waals surface area contributed by atoms with Crippen LogP contribution in [0.15, 0.2) is 16.8 Å². The summed E-state index contributed by atoms with van der Waals surface area (Å²) in [6.45, 7) is 1.68. The van der Waals surface area contributed by atoms with Crippen LogP contribution in [0.5, 0.6) is 0 Å². The van der Waals surface area contributed by atoms with Crippen molar-refractivity contribution in [3.8, 4) is 0 Å². The number of aliphatic hydroxyl groups is 1. The van der Waals surface area contributed by atoms with Gasteiger partial charge in [-0.25, -0.2) is 0 Å². The summed E-state index contributed by atoms with van der Waals surface area (Å²) in [6, 6.07) is 1.85. The van der Waals surface area contributed by atoms with E-state index in [2.05, 4.69) is 5.32 Å². The van der Waals surface area contributed by atoms with E-state index in [1.165, 1.54) is 0 Å². The Morgan fingerprint density at radius 1 is 1.77 bits per heavy atom. The van der Waals surface area contributed by atoms with Gasteiger partial charge in [-0.1, -0.05) is 0 Å². The van der Waals surface area contributed by atoms with Crippen LogP contribution < -0.4 is 5.32 Å². The van der Waals surface area contributed by atoms with Crippen LogP contribution in [-0.4, -0.2) is 17.1 Å². The fourth-order valence-electron chi connectivity index (χ4n) is 0.899. The Balaban J connectivity index is 2.26. The number of anilines is 1. The molecule has 0 aliphatic carbocycles. The van der Waals surface area contributed by atoms with Crippen molar-refractivity contribution in [1.82, 2.24) is 0 Å². The number of amides is 1. The number of hydrogen-bond donors (Lipinski definition) is 2. The van der Waals surface area contributed by atoms with Gasteiger partial charge in [0.15, 0.2) is 0 Å². The van der Waals surface area contributed by atoms with E-state index in [9.17, 15) is 4.79 Å². The number of nitrogens with one attached hydrogen (secondary N) is 1. The third kappa shape index (κ3) is 4.05. The maximum Gasteiger partial charge on any atom is 0.224 e. The zero-order valence-electron chi connectivity index (χ0n) is 7.49. The lowest BCUT2D eigenvalue weighted by atomic mass is 10.2. The molecule has 0 fully saturated rings. The molecule has 13 heavy (non-hydrogen) atoms. The molecule has 1 unspecified atom stereocenters. The van der Waals surface area contributed by atoms with E-state index in [0.717, 1.165) is 5.69 Å². The highest BCUT2D eigenvalue weighted by Crippen LogP contribution is 2.12. The van der Waals surface area contributed by atoms with Crippen LogP contribution in [-0.2, 0) is 4.79 Å². The summed E-state index contributed by atoms with van der Waals surface area (Å²) in [7, 11) is 0. The summed E-state index contributed by atoms with van der Waals surface area (Å²) in [6.07, 6.45) is 0.469. The highest BCUT2D eigenvalue weighted by atomic mass is 32.1. The molecule has 0 spiro atoms. The fraction of sp³-hybridized carbons (Fsp3) is 0.444. The average molecular weight is 199 g/mol. The lowest BCUT2D eigenvalue weighted by Crippen LogP contribution is -2.13. The van der Waals surface area contributed by atoms with Crippen LogP contribution in [0.25, 0.3) is 0 Å². The Morgan fingerprint density at radius 2 is 2.54 bits per heavy atom. The molecule has 72 valence electrons. The number of carbonyl (C=O) groups is 1. The molecule has 0 radical (unpaired) electrons. The summed E-state index contributed by atoms with van der Waals surface area (Å²) < 4.78 is 0. The van der Waals surface area contributed by atoms with Gasteiger partial charge in [0.1, 0.15) is 0 Å². The first-order chi connectivity index (χ1) is 6.18. The van der Waals surface area contributed by atoms with Crippen molar-refractivity contribution >= 4 is 22.9 Å². The minimum absolute atomic E-state index is 0.0423. The van der Waals surface area contributed by atoms with E-state index >= 15 is 0 Å². The average Bonchev–Trinajstić information content (AvgIpc) is 2.53. The molecule has 1 atom stereocenters. The van der Waals surface area contributed by atoms with Gasteiger partial charge in [0.25, 0.3) is 0 Å². The molecule has 1 aromatic rings. The molecular weight excluding hydrogens is 186 g/mol. The minimum Gasteiger partial charge on any atom is -0.393 e. The maximum absolute atomic E-state index is 11.2. The molecule has 4 heteroatoms. The molecule has 0 aliphatic rings. The normalized spacial score (nSPS) is 12.5. The molecule has 1 rings (SSSR count). The van der Waals surface area contributed by atoms with Crippen LogP contribution >= 0.6 is 11.3 Å². The molecule has 1 heterocycles. The Labute approximate surface area is 81.4 Å². The van der Waals surface area contributed by atoms with Gasteiger partial charge in [-0.2, -0.15) is 11.3 Å². The van der Waals surface area contributed by atoms with Crippen LogP contribution in [0.4, 0.5) is 5.69 Å². The van der Waals surface area contributed by atoms with Crippen molar-refractivity contribution in [2.24, 2.45) is 0 Å². The van der Waals surface area contributed by atoms with Crippen molar-refractivity contribution in [2.75, 3.05) is 5.32 Å². The first-order valence-electron chi connectivity index (χ1n) is 4.18. The highest BCUT2D eigenvalue weighted by molar-refractivity contribution is 7.08. The Hall–Kier alpha value is -0.870. The van der Waals surface area contributed by atoms with Crippen LogP contribution in [0.2, 0.25) is 0 Å². The molecule has 1 amide bonds. The number of carbonyl (C=O) groups excluding carboxylic acids is 1. The molecule has 0 aliphatic heterocycles. The van der Waals surface area contributed by atoms with E-state index in [4.69, 9.17) is 5.11 Å². The number of aliphatic hydroxyl groups excluding tert-OH is 1. The molecule has 3 nitrogen and oxygen atoms in total. The lowest BCUT2D eigenvalue weighted by Gasteiger charge is -2.04. The van der Waals surface area contributed by atoms with E-state index in [0.29, 0.717) is 12.8 Å². The van der Waals surface area contributed by atoms with Gasteiger partial charge in [-0.15, -0.1) is 0 Å². The van der Waals surface area contributed by atoms with Crippen LogP contribution in [0.3, 0.4) is 0 Å². The van der Waals surface area contributed by atoms with Gasteiger partial charge < -0.3 is 10.4 Å². The second-order valence-corrected chi connectivity index (χ2v) is 3.73. The van der Waals surface area contributed by atoms with Crippen molar-refractivity contribution in [3.05, 3.63) is 16.8 Å². The van der Waals surface area contributed by atoms with E-state index in [1.54, 1.807) is 18.3 Å². The summed E-state index contributed by atoms with van der Waals surface area (Å²) in [4.78, 5) is 11.2. The van der Waals surface area contributed by atoms with Crippen molar-refractivity contribution in [2.45, 2.75) is 25.9 Å². The quantitative estimate of drug-likeness (QED) is 0.777. The SMILES string of the molecule is CC(O)CCC(=O)Nc1ccsc1. The Morgan fingerprint density at radius 3 is 3.08 bits per heavy atom. The van der Waals surface area contributed by atoms with Crippen LogP contribution in [0.1, 0.15) is 19.8 Å². The number of rotatable bonds is 4. The third-order valence-corrected chi connectivity index (χ3v) is 2.28. The van der Waals surface area contributed by atoms with Gasteiger partial charge in [0.2, 0.25) is 5.91 Å². The Kier molecular flexibility index (Phi) is 3.92. The first-order valence-corrected chi connectivity index (χ1v) is 5.13. The standard InChI is InChI=1S/C9H13NO2S/c1-7(11)2-3-9(12)10-8-4-5-13-6-8/h4-7,11H,2-3H2,1H3,(H,10,12). The first kappa shape index (κ1) is 10.2. The second kappa shape index (κ2) is 4.99. The maximum atomic E-state index is 11.2. The third-order valence-electron chi connectivity index (χ3n) is 1.59. The predicted octanol–water partition coefficient (Wildman–Crippen LogP) is 1.85. The van der Waals surface area contributed by atoms with Gasteiger partial charge in [-0.05, 0) is 24.8 Å². The topological polar surface area (TPSA) is 49.3 Å². The fourth-order valence-corrected chi connectivity index (χ4v) is 1.49. The van der Waals surface area contributed by atoms with Crippen molar-refractivity contribution in [3.63, 3.8) is 0 Å². The predicted molar refractivity (Wildman–Crippen MR) is 53.9 cm³/mol. The summed E-state index contributed by atoms with van der Waals surface area (Å²) in [5.41, 5.74) is 0.834. The van der Waals surface area contributed by atoms with Gasteiger partial charge in [0.05, 0.1) is 11.8 Å². The smallest absolute Gasteiger partial charge is 0.224 e. The molecule has 0 saturated carbocycles. The second-order valence-electron chi connectivity index (χ2n) is 2.95. The zero-order chi connectivity index (χ0) is 9.68. The number of hydrogen-bond acceptors (Lipinski definition) is 3. The summed E-state index contributed by atoms with van der Waals surface area (Å²) in [5, 5.41) is 15.5. The van der Waals surface area contributed by atoms with E-state index in [1.807, 2.05) is 16.8 Å². The molecule has 0 bridgehead atoms. The molecule has 0 aromatic carbocycles. The number of thiophene rings is 1. The van der Waals surface area contributed by atoms with Crippen molar-refractivity contribution < 1.29 is 9.90 Å². The highest BCUT2D eigenvalue weighted by Gasteiger charge is 2.04. The molecule has 2 N–H and O–H groups in total. The molecular formula is C9H13NO2S. The molecule has 0 saturated heterocycles. The van der Waals surface area contributed by atoms with Crippen molar-refractivity contribution in [1.29, 1.82) is 0 Å². The largest absolute Gasteiger partial charge is 0.393 e. The zero-order valence-corrected chi connectivity index (χ0v) is 8.30. The van der Waals surface area contributed by atoms with Gasteiger partial charge in [0, 0.05) is 11.8 Å².